The van der Waals surface area contributed by atoms with Crippen LogP contribution < -0.4 is 5.32 Å². The number of pyridine rings is 1. The van der Waals surface area contributed by atoms with E-state index in [0.29, 0.717) is 0 Å². The van der Waals surface area contributed by atoms with E-state index in [-0.39, 0.29) is 11.9 Å². The van der Waals surface area contributed by atoms with Gasteiger partial charge in [0.1, 0.15) is 5.82 Å². The van der Waals surface area contributed by atoms with Gasteiger partial charge in [0.25, 0.3) is 0 Å². The molecule has 4 nitrogen and oxygen atoms in total. The minimum absolute atomic E-state index is 0.0844. The van der Waals surface area contributed by atoms with Gasteiger partial charge in [-0.05, 0) is 18.6 Å². The number of hydrogen-bond acceptors (Lipinski definition) is 3. The van der Waals surface area contributed by atoms with Crippen LogP contribution in [0.2, 0.25) is 0 Å². The molecular weight excluding hydrogens is 219 g/mol. The summed E-state index contributed by atoms with van der Waals surface area (Å²) in [5.41, 5.74) is 1.94. The topological polar surface area (TPSA) is 53.6 Å². The van der Waals surface area contributed by atoms with Crippen molar-refractivity contribution in [1.82, 2.24) is 20.3 Å². The van der Waals surface area contributed by atoms with Gasteiger partial charge < -0.3 is 10.3 Å². The molecule has 2 aromatic heterocycles. The zero-order chi connectivity index (χ0) is 12.1. The van der Waals surface area contributed by atoms with Crippen LogP contribution in [0.5, 0.6) is 0 Å². The Morgan fingerprint density at radius 2 is 2.24 bits per heavy atom. The predicted molar refractivity (Wildman–Crippen MR) is 62.9 cm³/mol. The third-order valence-electron chi connectivity index (χ3n) is 2.63. The van der Waals surface area contributed by atoms with E-state index in [0.717, 1.165) is 24.2 Å². The standard InChI is InChI=1S/C12H15FN4/c1-9(10-4-11(13)6-14-5-10)16-3-2-12-7-15-8-17-12/h4-9,16H,2-3H2,1H3,(H,15,17). The van der Waals surface area contributed by atoms with Gasteiger partial charge in [0.2, 0.25) is 0 Å². The average molecular weight is 234 g/mol. The van der Waals surface area contributed by atoms with Crippen LogP contribution in [0.25, 0.3) is 0 Å². The highest BCUT2D eigenvalue weighted by Crippen LogP contribution is 2.11. The third kappa shape index (κ3) is 3.35. The minimum Gasteiger partial charge on any atom is -0.348 e. The van der Waals surface area contributed by atoms with Gasteiger partial charge in [0.05, 0.1) is 12.5 Å². The summed E-state index contributed by atoms with van der Waals surface area (Å²) in [6.45, 7) is 2.79. The fourth-order valence-electron chi connectivity index (χ4n) is 1.63. The summed E-state index contributed by atoms with van der Waals surface area (Å²) in [4.78, 5) is 10.8. The van der Waals surface area contributed by atoms with Crippen LogP contribution in [0.1, 0.15) is 24.2 Å². The Labute approximate surface area is 99.3 Å². The molecule has 0 amide bonds. The van der Waals surface area contributed by atoms with Crippen LogP contribution in [0.4, 0.5) is 4.39 Å². The van der Waals surface area contributed by atoms with Gasteiger partial charge in [0.15, 0.2) is 0 Å². The third-order valence-corrected chi connectivity index (χ3v) is 2.63. The van der Waals surface area contributed by atoms with Crippen molar-refractivity contribution >= 4 is 0 Å². The minimum atomic E-state index is -0.301. The number of aromatic nitrogens is 3. The molecule has 5 heteroatoms. The summed E-state index contributed by atoms with van der Waals surface area (Å²) < 4.78 is 13.0. The first-order valence-electron chi connectivity index (χ1n) is 5.57. The van der Waals surface area contributed by atoms with Crippen LogP contribution in [-0.2, 0) is 6.42 Å². The van der Waals surface area contributed by atoms with Crippen LogP contribution in [0.15, 0.2) is 31.0 Å². The lowest BCUT2D eigenvalue weighted by Crippen LogP contribution is -2.21. The molecule has 0 radical (unpaired) electrons. The molecule has 2 heterocycles. The zero-order valence-electron chi connectivity index (χ0n) is 9.65. The lowest BCUT2D eigenvalue weighted by molar-refractivity contribution is 0.561. The Kier molecular flexibility index (Phi) is 3.82. The highest BCUT2D eigenvalue weighted by atomic mass is 19.1. The molecule has 90 valence electrons. The van der Waals surface area contributed by atoms with Crippen molar-refractivity contribution in [1.29, 1.82) is 0 Å². The van der Waals surface area contributed by atoms with E-state index < -0.39 is 0 Å². The van der Waals surface area contributed by atoms with Gasteiger partial charge in [-0.15, -0.1) is 0 Å². The SMILES string of the molecule is CC(NCCc1cnc[nH]1)c1cncc(F)c1. The summed E-state index contributed by atoms with van der Waals surface area (Å²) >= 11 is 0. The quantitative estimate of drug-likeness (QED) is 0.830. The molecular formula is C12H15FN4. The molecule has 17 heavy (non-hydrogen) atoms. The van der Waals surface area contributed by atoms with Gasteiger partial charge in [-0.3, -0.25) is 4.98 Å². The molecule has 0 spiro atoms. The number of aromatic amines is 1. The van der Waals surface area contributed by atoms with Gasteiger partial charge in [-0.1, -0.05) is 0 Å². The lowest BCUT2D eigenvalue weighted by atomic mass is 10.1. The van der Waals surface area contributed by atoms with E-state index in [1.807, 2.05) is 6.92 Å². The molecule has 0 aliphatic rings. The summed E-state index contributed by atoms with van der Waals surface area (Å²) in [6.07, 6.45) is 7.22. The highest BCUT2D eigenvalue weighted by molar-refractivity contribution is 5.14. The van der Waals surface area contributed by atoms with Crippen molar-refractivity contribution in [3.63, 3.8) is 0 Å². The second-order valence-electron chi connectivity index (χ2n) is 3.94. The van der Waals surface area contributed by atoms with Crippen molar-refractivity contribution < 1.29 is 4.39 Å². The maximum absolute atomic E-state index is 13.0. The number of H-pyrrole nitrogens is 1. The number of nitrogens with one attached hydrogen (secondary N) is 2. The van der Waals surface area contributed by atoms with Gasteiger partial charge in [-0.25, -0.2) is 9.37 Å². The molecule has 0 aliphatic carbocycles. The molecule has 1 unspecified atom stereocenters. The summed E-state index contributed by atoms with van der Waals surface area (Å²) in [6, 6.07) is 1.59. The molecule has 1 atom stereocenters. The van der Waals surface area contributed by atoms with Gasteiger partial charge >= 0.3 is 0 Å². The van der Waals surface area contributed by atoms with Crippen LogP contribution in [0, 0.1) is 5.82 Å². The zero-order valence-corrected chi connectivity index (χ0v) is 9.65. The maximum Gasteiger partial charge on any atom is 0.141 e. The molecule has 0 bridgehead atoms. The average Bonchev–Trinajstić information content (AvgIpc) is 2.82. The number of hydrogen-bond donors (Lipinski definition) is 2. The van der Waals surface area contributed by atoms with Crippen molar-refractivity contribution in [2.24, 2.45) is 0 Å². The van der Waals surface area contributed by atoms with E-state index in [2.05, 4.69) is 20.3 Å². The van der Waals surface area contributed by atoms with Crippen LogP contribution >= 0.6 is 0 Å². The van der Waals surface area contributed by atoms with Crippen LogP contribution in [-0.4, -0.2) is 21.5 Å². The highest BCUT2D eigenvalue weighted by Gasteiger charge is 2.06. The van der Waals surface area contributed by atoms with E-state index in [1.165, 1.54) is 12.3 Å². The molecule has 2 aromatic rings. The van der Waals surface area contributed by atoms with Gasteiger partial charge in [0, 0.05) is 37.1 Å². The molecule has 2 N–H and O–H groups in total. The van der Waals surface area contributed by atoms with E-state index in [9.17, 15) is 4.39 Å². The first-order chi connectivity index (χ1) is 8.25. The Bertz CT molecular complexity index is 455. The fraction of sp³-hybridized carbons (Fsp3) is 0.333. The number of nitrogens with zero attached hydrogens (tertiary/aromatic N) is 2. The van der Waals surface area contributed by atoms with E-state index in [1.54, 1.807) is 18.7 Å². The predicted octanol–water partition coefficient (Wildman–Crippen LogP) is 1.84. The first kappa shape index (κ1) is 11.7. The monoisotopic (exact) mass is 234 g/mol. The number of rotatable bonds is 5. The second kappa shape index (κ2) is 5.54. The van der Waals surface area contributed by atoms with Crippen molar-refractivity contribution in [3.05, 3.63) is 48.1 Å². The van der Waals surface area contributed by atoms with Crippen molar-refractivity contribution in [3.8, 4) is 0 Å². The molecule has 0 saturated carbocycles. The Hall–Kier alpha value is -1.75. The Morgan fingerprint density at radius 3 is 2.94 bits per heavy atom. The summed E-state index contributed by atoms with van der Waals surface area (Å²) in [7, 11) is 0. The van der Waals surface area contributed by atoms with Crippen molar-refractivity contribution in [2.75, 3.05) is 6.54 Å². The smallest absolute Gasteiger partial charge is 0.141 e. The second-order valence-corrected chi connectivity index (χ2v) is 3.94. The Morgan fingerprint density at radius 1 is 1.35 bits per heavy atom. The number of halogens is 1. The van der Waals surface area contributed by atoms with Gasteiger partial charge in [-0.2, -0.15) is 0 Å². The largest absolute Gasteiger partial charge is 0.348 e. The molecule has 0 fully saturated rings. The fourth-order valence-corrected chi connectivity index (χ4v) is 1.63. The normalized spacial score (nSPS) is 12.6. The van der Waals surface area contributed by atoms with Crippen LogP contribution in [0.3, 0.4) is 0 Å². The molecule has 0 aromatic carbocycles. The summed E-state index contributed by atoms with van der Waals surface area (Å²) in [5.74, 6) is -0.301. The molecule has 0 saturated heterocycles. The number of imidazole rings is 1. The Balaban J connectivity index is 1.83. The first-order valence-corrected chi connectivity index (χ1v) is 5.57. The molecule has 0 aliphatic heterocycles. The van der Waals surface area contributed by atoms with E-state index in [4.69, 9.17) is 0 Å². The lowest BCUT2D eigenvalue weighted by Gasteiger charge is -2.13. The summed E-state index contributed by atoms with van der Waals surface area (Å²) in [5, 5.41) is 3.31. The molecule has 2 rings (SSSR count). The van der Waals surface area contributed by atoms with Crippen molar-refractivity contribution in [2.45, 2.75) is 19.4 Å². The maximum atomic E-state index is 13.0. The van der Waals surface area contributed by atoms with E-state index >= 15 is 0 Å².